The zero-order valence-electron chi connectivity index (χ0n) is 45.8. The fraction of sp³-hybridized carbons (Fsp3) is 0.590. The summed E-state index contributed by atoms with van der Waals surface area (Å²) in [4.78, 5) is 73.7. The van der Waals surface area contributed by atoms with Gasteiger partial charge in [0, 0.05) is 48.5 Å². The third-order valence-corrected chi connectivity index (χ3v) is 18.6. The number of ketones is 2. The minimum absolute atomic E-state index is 0.00417. The average molecular weight is 1110 g/mol. The number of phosphoric ester groups is 1. The molecular weight excluding hydrogens is 1030 g/mol. The van der Waals surface area contributed by atoms with Gasteiger partial charge in [-0.1, -0.05) is 94.0 Å². The van der Waals surface area contributed by atoms with Crippen molar-refractivity contribution in [3.63, 3.8) is 0 Å². The third-order valence-electron chi connectivity index (χ3n) is 18.2. The highest BCUT2D eigenvalue weighted by atomic mass is 31.2. The topological polar surface area (TPSA) is 240 Å². The van der Waals surface area contributed by atoms with Crippen LogP contribution in [-0.2, 0) is 50.9 Å². The number of nitrogens with one attached hydrogen (secondary N) is 2. The number of aliphatic hydroxyl groups is 2. The van der Waals surface area contributed by atoms with Crippen LogP contribution in [0.3, 0.4) is 0 Å². The first-order valence-electron chi connectivity index (χ1n) is 28.8. The fourth-order valence-electron chi connectivity index (χ4n) is 14.3. The van der Waals surface area contributed by atoms with Crippen LogP contribution in [0.1, 0.15) is 143 Å². The van der Waals surface area contributed by atoms with E-state index in [1.165, 1.54) is 23.9 Å². The molecule has 5 aliphatic carbocycles. The van der Waals surface area contributed by atoms with Crippen molar-refractivity contribution < 1.29 is 71.8 Å². The number of Topliss-reactive ketones (excluding diaryl/α,β-unsaturated/α-hetero) is 1. The predicted octanol–water partition coefficient (Wildman–Crippen LogP) is 7.51. The van der Waals surface area contributed by atoms with Crippen molar-refractivity contribution in [2.45, 2.75) is 153 Å². The van der Waals surface area contributed by atoms with Gasteiger partial charge in [-0.25, -0.2) is 4.57 Å². The molecule has 0 spiro atoms. The van der Waals surface area contributed by atoms with Crippen LogP contribution >= 0.6 is 7.82 Å². The Morgan fingerprint density at radius 2 is 1.71 bits per heavy atom. The Labute approximate surface area is 464 Å². The number of rotatable bonds is 26. The van der Waals surface area contributed by atoms with E-state index in [2.05, 4.69) is 41.8 Å². The molecule has 1 saturated heterocycles. The van der Waals surface area contributed by atoms with Crippen LogP contribution in [0.15, 0.2) is 96.9 Å². The molecule has 9 rings (SSSR count). The molecule has 0 bridgehead atoms. The number of amides is 1. The number of benzene rings is 2. The molecule has 17 nitrogen and oxygen atoms in total. The van der Waals surface area contributed by atoms with Gasteiger partial charge in [0.2, 0.25) is 5.78 Å². The number of unbranched alkanes of at least 4 members (excludes halogenated alkanes) is 4. The van der Waals surface area contributed by atoms with Crippen molar-refractivity contribution in [1.29, 1.82) is 0 Å². The number of carbonyl (C=O) groups excluding carboxylic acids is 4. The van der Waals surface area contributed by atoms with Crippen molar-refractivity contribution in [3.8, 4) is 5.75 Å². The van der Waals surface area contributed by atoms with Crippen LogP contribution in [0.4, 0.5) is 0 Å². The van der Waals surface area contributed by atoms with E-state index in [1.807, 2.05) is 19.1 Å². The second kappa shape index (κ2) is 25.9. The maximum absolute atomic E-state index is 14.9. The summed E-state index contributed by atoms with van der Waals surface area (Å²) < 4.78 is 43.9. The molecule has 18 heteroatoms. The molecule has 1 unspecified atom stereocenters. The van der Waals surface area contributed by atoms with Crippen LogP contribution in [0.25, 0.3) is 0 Å². The van der Waals surface area contributed by atoms with Gasteiger partial charge in [-0.15, -0.1) is 0 Å². The van der Waals surface area contributed by atoms with E-state index in [9.17, 15) is 43.7 Å². The summed E-state index contributed by atoms with van der Waals surface area (Å²) in [6.07, 6.45) is 20.0. The van der Waals surface area contributed by atoms with Gasteiger partial charge in [0.15, 0.2) is 43.2 Å². The molecule has 1 aromatic heterocycles. The number of carbonyl (C=O) groups is 4. The number of esters is 1. The van der Waals surface area contributed by atoms with Crippen LogP contribution in [0.5, 0.6) is 5.75 Å². The van der Waals surface area contributed by atoms with Gasteiger partial charge in [0.25, 0.3) is 5.91 Å². The molecule has 3 aromatic rings. The van der Waals surface area contributed by atoms with Gasteiger partial charge in [-0.2, -0.15) is 4.57 Å². The zero-order chi connectivity index (χ0) is 55.8. The molecular formula is C61H81N3O14P+. The first-order chi connectivity index (χ1) is 38.0. The number of allylic oxidation sites excluding steroid dienone is 4. The monoisotopic (exact) mass is 1110 g/mol. The Kier molecular flexibility index (Phi) is 19.2. The molecule has 428 valence electrons. The number of hydrogen-bond donors (Lipinski definition) is 6. The summed E-state index contributed by atoms with van der Waals surface area (Å²) >= 11 is 0. The molecule has 10 atom stereocenters. The highest BCUT2D eigenvalue weighted by Gasteiger charge is 2.76. The lowest BCUT2D eigenvalue weighted by Gasteiger charge is -2.59. The van der Waals surface area contributed by atoms with E-state index in [1.54, 1.807) is 41.1 Å². The lowest BCUT2D eigenvalue weighted by Crippen LogP contribution is -2.63. The quantitative estimate of drug-likeness (QED) is 0.0197. The van der Waals surface area contributed by atoms with E-state index in [0.717, 1.165) is 102 Å². The Morgan fingerprint density at radius 1 is 0.937 bits per heavy atom. The summed E-state index contributed by atoms with van der Waals surface area (Å²) in [6.45, 7) is 5.43. The minimum atomic E-state index is -4.97. The number of fused-ring (bicyclic) bond motifs is 7. The average Bonchev–Trinajstić information content (AvgIpc) is 4.13. The summed E-state index contributed by atoms with van der Waals surface area (Å²) in [5.74, 6) is -2.11. The zero-order valence-corrected chi connectivity index (χ0v) is 46.7. The van der Waals surface area contributed by atoms with Gasteiger partial charge in [-0.05, 0) is 130 Å². The van der Waals surface area contributed by atoms with Crippen LogP contribution in [-0.4, -0.2) is 107 Å². The molecule has 2 aromatic carbocycles. The SMILES string of the molecule is C[C@]12C=CC(=O)C=C1CC[C@@H]1[C@@H]2[C@@H](O)C[C@@]2(C)[C@H]1C[C@H]1O[C@@H](C3CCCCC3)O[C@]12C(=O)COC(=O)CNC(=O)c1ccc[n+](Cc2cc(C(O)CNCCCCCCOCCCCc3ccccc3)ccc2OP(=O)(O)O)c1. The van der Waals surface area contributed by atoms with E-state index in [4.69, 9.17) is 23.5 Å². The van der Waals surface area contributed by atoms with Gasteiger partial charge < -0.3 is 44.3 Å². The Hall–Kier alpha value is -4.94. The van der Waals surface area contributed by atoms with Crippen molar-refractivity contribution in [2.75, 3.05) is 39.5 Å². The number of hydrogen-bond acceptors (Lipinski definition) is 13. The highest BCUT2D eigenvalue weighted by molar-refractivity contribution is 7.46. The summed E-state index contributed by atoms with van der Waals surface area (Å²) in [5, 5.41) is 29.2. The van der Waals surface area contributed by atoms with Crippen molar-refractivity contribution >= 4 is 31.3 Å². The van der Waals surface area contributed by atoms with E-state index >= 15 is 0 Å². The normalized spacial score (nSPS) is 28.7. The first kappa shape index (κ1) is 58.7. The molecule has 1 amide bonds. The molecule has 5 fully saturated rings. The van der Waals surface area contributed by atoms with E-state index in [-0.39, 0.29) is 60.3 Å². The Balaban J connectivity index is 0.764. The van der Waals surface area contributed by atoms with Crippen LogP contribution in [0, 0.1) is 34.5 Å². The number of phosphoric acid groups is 1. The third kappa shape index (κ3) is 13.5. The molecule has 1 aliphatic heterocycles. The molecule has 0 radical (unpaired) electrons. The lowest BCUT2D eigenvalue weighted by atomic mass is 9.46. The summed E-state index contributed by atoms with van der Waals surface area (Å²) in [7, 11) is -4.97. The number of pyridine rings is 1. The van der Waals surface area contributed by atoms with Gasteiger partial charge >= 0.3 is 13.8 Å². The van der Waals surface area contributed by atoms with E-state index in [0.29, 0.717) is 30.5 Å². The number of ether oxygens (including phenoxy) is 4. The Morgan fingerprint density at radius 3 is 2.49 bits per heavy atom. The molecule has 6 aliphatic rings. The van der Waals surface area contributed by atoms with Gasteiger partial charge in [0.05, 0.1) is 23.9 Å². The second-order valence-corrected chi connectivity index (χ2v) is 24.5. The Bertz CT molecular complexity index is 2740. The number of aromatic nitrogens is 1. The van der Waals surface area contributed by atoms with Crippen molar-refractivity contribution in [2.24, 2.45) is 34.5 Å². The summed E-state index contributed by atoms with van der Waals surface area (Å²) in [6, 6.07) is 18.2. The fourth-order valence-corrected chi connectivity index (χ4v) is 14.7. The first-order valence-corrected chi connectivity index (χ1v) is 30.3. The highest BCUT2D eigenvalue weighted by Crippen LogP contribution is 2.70. The van der Waals surface area contributed by atoms with Crippen molar-refractivity contribution in [3.05, 3.63) is 119 Å². The molecule has 6 N–H and O–H groups in total. The number of nitrogens with zero attached hydrogens (tertiary/aromatic N) is 1. The van der Waals surface area contributed by atoms with Crippen LogP contribution in [0.2, 0.25) is 0 Å². The minimum Gasteiger partial charge on any atom is -0.456 e. The number of aliphatic hydroxyl groups excluding tert-OH is 2. The van der Waals surface area contributed by atoms with Gasteiger partial charge in [-0.3, -0.25) is 29.0 Å². The second-order valence-electron chi connectivity index (χ2n) is 23.4. The smallest absolute Gasteiger partial charge is 0.456 e. The molecule has 2 heterocycles. The largest absolute Gasteiger partial charge is 0.524 e. The number of aryl methyl sites for hydroxylation is 1. The lowest BCUT2D eigenvalue weighted by molar-refractivity contribution is -0.688. The van der Waals surface area contributed by atoms with E-state index < -0.39 is 79.7 Å². The standard InChI is InChI=1S/C61H80N3O14P/c1-59-27-26-47(65)33-46(59)23-24-48-49-34-54-61(60(49,2)35-50(66)56(48)59,77-58(76-54)42-19-9-6-10-20-42)53(68)40-75-55(69)37-63-57(70)44-21-15-29-64(38-44)39-45-32-43(22-25-52(45)78-79(71,72)73)51(67)36-62-28-12-3-4-13-30-74-31-14-11-18-41-16-7-5-8-17-41/h5,7-8,15-17,21-22,25-27,29,32-33,38,42,48-51,54,56,58,62,66-67H,3-4,6,9-14,18-20,23-24,28,30-31,34-37,39-40H2,1-2H3,(H2-,63,70,71,72,73)/p+1/t48-,49-,50-,51?,54+,56+,58+,59-,60-,61+/m0/s1. The maximum atomic E-state index is 14.9. The van der Waals surface area contributed by atoms with Gasteiger partial charge in [0.1, 0.15) is 17.9 Å². The van der Waals surface area contributed by atoms with Crippen LogP contribution < -0.4 is 19.7 Å². The summed E-state index contributed by atoms with van der Waals surface area (Å²) in [5.41, 5.74) is 0.544. The molecule has 79 heavy (non-hydrogen) atoms. The molecule has 4 saturated carbocycles. The predicted molar refractivity (Wildman–Crippen MR) is 292 cm³/mol. The maximum Gasteiger partial charge on any atom is 0.524 e. The van der Waals surface area contributed by atoms with Crippen molar-refractivity contribution in [1.82, 2.24) is 10.6 Å².